The van der Waals surface area contributed by atoms with Crippen molar-refractivity contribution in [3.05, 3.63) is 287 Å². The molecule has 21 rings (SSSR count). The van der Waals surface area contributed by atoms with E-state index in [0.29, 0.717) is 28.8 Å². The first-order valence-electron chi connectivity index (χ1n) is 39.5. The van der Waals surface area contributed by atoms with Gasteiger partial charge in [0.05, 0.1) is 44.3 Å². The Labute approximate surface area is 656 Å². The zero-order chi connectivity index (χ0) is 77.8. The van der Waals surface area contributed by atoms with Gasteiger partial charge in [-0.05, 0) is 173 Å². The first kappa shape index (κ1) is 71.8. The number of hydrogen-bond donors (Lipinski definition) is 0. The SMILES string of the molecule is Cc1cc(-c2c(C)ccc3c2oc2nc4ccccc4cc23)[n+](C)cc1C.Cc1cc(C)c2c(oc3nc4ccccc4cc32)c1-c1cccc[n+]1C.Cc1ccc2c(oc3nc4ccccc4cc32)c1-c1ccc(C(C)(C)C)c[n+]1C.Cc1ccc2c(oc3nc4ccccc4cc32)c1-c1ccc(C2CCCCC2)c[n+]1C. The van der Waals surface area contributed by atoms with Gasteiger partial charge >= 0.3 is 0 Å². The first-order valence-corrected chi connectivity index (χ1v) is 39.5. The molecule has 0 radical (unpaired) electrons. The van der Waals surface area contributed by atoms with Gasteiger partial charge in [0.25, 0.3) is 0 Å². The van der Waals surface area contributed by atoms with E-state index in [1.165, 1.54) is 87.9 Å². The van der Waals surface area contributed by atoms with Gasteiger partial charge in [0.2, 0.25) is 45.6 Å². The molecule has 0 aliphatic heterocycles. The minimum absolute atomic E-state index is 0.112. The predicted molar refractivity (Wildman–Crippen MR) is 460 cm³/mol. The molecule has 556 valence electrons. The van der Waals surface area contributed by atoms with Crippen LogP contribution in [0.5, 0.6) is 0 Å². The number of rotatable bonds is 5. The van der Waals surface area contributed by atoms with Crippen LogP contribution in [0.1, 0.15) is 109 Å². The monoisotopic (exact) mass is 1480 g/mol. The fourth-order valence-electron chi connectivity index (χ4n) is 17.3. The van der Waals surface area contributed by atoms with E-state index in [2.05, 4.69) is 280 Å². The van der Waals surface area contributed by atoms with Crippen LogP contribution in [0, 0.1) is 48.5 Å². The molecule has 1 aliphatic rings. The van der Waals surface area contributed by atoms with Crippen molar-refractivity contribution in [2.75, 3.05) is 0 Å². The van der Waals surface area contributed by atoms with E-state index < -0.39 is 0 Å². The minimum atomic E-state index is 0.112. The summed E-state index contributed by atoms with van der Waals surface area (Å²) >= 11 is 0. The van der Waals surface area contributed by atoms with Crippen molar-refractivity contribution in [2.45, 2.75) is 113 Å². The van der Waals surface area contributed by atoms with Crippen LogP contribution in [-0.2, 0) is 33.6 Å². The molecule has 113 heavy (non-hydrogen) atoms. The van der Waals surface area contributed by atoms with Crippen molar-refractivity contribution in [1.29, 1.82) is 0 Å². The lowest BCUT2D eigenvalue weighted by molar-refractivity contribution is -0.661. The van der Waals surface area contributed by atoms with Gasteiger partial charge in [-0.25, -0.2) is 38.2 Å². The summed E-state index contributed by atoms with van der Waals surface area (Å²) in [4.78, 5) is 19.1. The highest BCUT2D eigenvalue weighted by Crippen LogP contribution is 2.44. The Bertz CT molecular complexity index is 7240. The van der Waals surface area contributed by atoms with Gasteiger partial charge in [-0.1, -0.05) is 155 Å². The number of nitrogens with zero attached hydrogens (tertiary/aromatic N) is 8. The van der Waals surface area contributed by atoms with Gasteiger partial charge in [0, 0.05) is 112 Å². The second kappa shape index (κ2) is 28.5. The van der Waals surface area contributed by atoms with Gasteiger partial charge in [-0.2, -0.15) is 0 Å². The lowest BCUT2D eigenvalue weighted by atomic mass is 9.84. The number of fused-ring (bicyclic) bond motifs is 16. The van der Waals surface area contributed by atoms with Crippen LogP contribution in [0.2, 0.25) is 0 Å². The molecular formula is C101H92N8O4+4. The van der Waals surface area contributed by atoms with Crippen molar-refractivity contribution in [3.63, 3.8) is 0 Å². The van der Waals surface area contributed by atoms with Crippen LogP contribution < -0.4 is 18.3 Å². The van der Waals surface area contributed by atoms with Crippen molar-refractivity contribution >= 4 is 132 Å². The zero-order valence-electron chi connectivity index (χ0n) is 66.8. The minimum Gasteiger partial charge on any atom is -0.437 e. The van der Waals surface area contributed by atoms with E-state index >= 15 is 0 Å². The lowest BCUT2D eigenvalue weighted by Gasteiger charge is -2.21. The summed E-state index contributed by atoms with van der Waals surface area (Å²) in [6, 6.07) is 74.3. The predicted octanol–water partition coefficient (Wildman–Crippen LogP) is 24.0. The number of hydrogen-bond acceptors (Lipinski definition) is 8. The Hall–Kier alpha value is -12.8. The van der Waals surface area contributed by atoms with E-state index in [-0.39, 0.29) is 5.41 Å². The fourth-order valence-corrected chi connectivity index (χ4v) is 17.3. The highest BCUT2D eigenvalue weighted by molar-refractivity contribution is 6.15. The van der Waals surface area contributed by atoms with E-state index in [1.54, 1.807) is 0 Å². The third-order valence-electron chi connectivity index (χ3n) is 23.5. The number of furan rings is 4. The number of benzene rings is 8. The van der Waals surface area contributed by atoms with E-state index in [1.807, 2.05) is 72.8 Å². The van der Waals surface area contributed by atoms with Crippen LogP contribution in [0.3, 0.4) is 0 Å². The second-order valence-electron chi connectivity index (χ2n) is 32.3. The Morgan fingerprint density at radius 2 is 0.708 bits per heavy atom. The lowest BCUT2D eigenvalue weighted by Crippen LogP contribution is -2.33. The molecule has 12 nitrogen and oxygen atoms in total. The van der Waals surface area contributed by atoms with E-state index in [0.717, 1.165) is 148 Å². The van der Waals surface area contributed by atoms with Crippen molar-refractivity contribution in [2.24, 2.45) is 28.2 Å². The number of pyridine rings is 8. The summed E-state index contributed by atoms with van der Waals surface area (Å²) in [5.74, 6) is 0.703. The van der Waals surface area contributed by atoms with Crippen molar-refractivity contribution in [1.82, 2.24) is 19.9 Å². The summed E-state index contributed by atoms with van der Waals surface area (Å²) in [6.07, 6.45) is 15.5. The van der Waals surface area contributed by atoms with Crippen LogP contribution in [0.15, 0.2) is 255 Å². The van der Waals surface area contributed by atoms with Crippen LogP contribution in [0.4, 0.5) is 0 Å². The molecule has 0 atom stereocenters. The quantitative estimate of drug-likeness (QED) is 0.156. The average molecular weight is 1480 g/mol. The summed E-state index contributed by atoms with van der Waals surface area (Å²) in [7, 11) is 8.43. The summed E-state index contributed by atoms with van der Waals surface area (Å²) < 4.78 is 34.2. The van der Waals surface area contributed by atoms with Crippen LogP contribution in [-0.4, -0.2) is 19.9 Å². The normalized spacial score (nSPS) is 12.8. The molecule has 0 amide bonds. The molecule has 0 spiro atoms. The van der Waals surface area contributed by atoms with Crippen LogP contribution in [0.25, 0.3) is 177 Å². The maximum Gasteiger partial charge on any atom is 0.227 e. The molecule has 0 saturated heterocycles. The molecule has 1 fully saturated rings. The maximum absolute atomic E-state index is 6.40. The third kappa shape index (κ3) is 12.9. The van der Waals surface area contributed by atoms with Gasteiger partial charge < -0.3 is 17.7 Å². The molecule has 0 unspecified atom stereocenters. The van der Waals surface area contributed by atoms with Gasteiger partial charge in [-0.3, -0.25) is 0 Å². The maximum atomic E-state index is 6.40. The molecule has 12 aromatic heterocycles. The van der Waals surface area contributed by atoms with Gasteiger partial charge in [-0.15, -0.1) is 0 Å². The Morgan fingerprint density at radius 1 is 0.310 bits per heavy atom. The summed E-state index contributed by atoms with van der Waals surface area (Å²) in [6.45, 7) is 21.8. The summed E-state index contributed by atoms with van der Waals surface area (Å²) in [5.41, 5.74) is 31.0. The zero-order valence-corrected chi connectivity index (χ0v) is 66.8. The van der Waals surface area contributed by atoms with E-state index in [9.17, 15) is 0 Å². The van der Waals surface area contributed by atoms with E-state index in [4.69, 9.17) is 37.6 Å². The Morgan fingerprint density at radius 3 is 1.17 bits per heavy atom. The summed E-state index contributed by atoms with van der Waals surface area (Å²) in [5, 5.41) is 13.3. The van der Waals surface area contributed by atoms with Crippen molar-refractivity contribution in [3.8, 4) is 45.0 Å². The second-order valence-corrected chi connectivity index (χ2v) is 32.3. The standard InChI is InChI=1S/C28H27N2O.C26H25N2O.C24H21N2O.C23H19N2O/c1-18-12-14-22-23-16-20-10-6-7-11-24(20)29-28(23)31-27(22)26(18)25-15-13-21(17-30(25)2)19-8-4-3-5-9-19;1-16-10-12-19-20-14-17-8-6-7-9-21(17)27-25(20)29-24(19)23(16)22-13-11-18(15-28(22)5)26(2,3)4;1-14-9-10-18-19-12-17-7-5-6-8-20(17)25-24(19)27-23(18)22(14)21-11-15(2)16(3)13-26(21)4;1-14-12-15(2)21(19-10-6-7-11-25(19)3)22-20(14)17-13-16-8-4-5-9-18(16)24-23(17)26-22/h6-7,10-17,19H,3-5,8-9H2,1-2H3;6-15H,1-5H3;5-13H,1-4H3;4-13H,1-3H3/q4*+1. The largest absolute Gasteiger partial charge is 0.437 e. The highest BCUT2D eigenvalue weighted by atomic mass is 16.4. The molecule has 1 saturated carbocycles. The number of aryl methyl sites for hydroxylation is 11. The Balaban J connectivity index is 0.000000105. The molecule has 0 bridgehead atoms. The first-order chi connectivity index (χ1) is 54.7. The van der Waals surface area contributed by atoms with Crippen molar-refractivity contribution < 1.29 is 35.9 Å². The highest BCUT2D eigenvalue weighted by Gasteiger charge is 2.29. The number of aromatic nitrogens is 8. The molecule has 12 heterocycles. The average Bonchev–Trinajstić information content (AvgIpc) is 1.63. The molecule has 0 N–H and O–H groups in total. The molecule has 20 aromatic rings. The third-order valence-corrected chi connectivity index (χ3v) is 23.5. The van der Waals surface area contributed by atoms with Gasteiger partial charge in [0.15, 0.2) is 47.1 Å². The smallest absolute Gasteiger partial charge is 0.227 e. The van der Waals surface area contributed by atoms with Gasteiger partial charge in [0.1, 0.15) is 28.2 Å². The Kier molecular flexibility index (Phi) is 18.1. The molecular weight excluding hydrogens is 1390 g/mol. The number of para-hydroxylation sites is 4. The van der Waals surface area contributed by atoms with Crippen LogP contribution >= 0.6 is 0 Å². The fraction of sp³-hybridized carbons (Fsp3) is 0.208. The molecule has 12 heteroatoms. The molecule has 1 aliphatic carbocycles. The topological polar surface area (TPSA) is 120 Å². The molecule has 8 aromatic carbocycles.